The standard InChI is InChI=1S/C27H19Cl2F4N7O3/c28-18-4-6-22(39-13-23(29)36-37-39)24(25(18)31)15-2-5-21(40(42)12-15)20(7-8-43-27(32)33)38-11-16(10-35-38)14-1-3-17(26(34)41)19(30)9-14/h1-6,9-13,20,27H,7-8H2,(H2,34,41)/t20-/m1/s1. The zero-order valence-electron chi connectivity index (χ0n) is 21.7. The second-order valence-electron chi connectivity index (χ2n) is 9.11. The molecular weight excluding hydrogens is 617 g/mol. The number of aromatic nitrogens is 6. The Bertz CT molecular complexity index is 1820. The van der Waals surface area contributed by atoms with Gasteiger partial charge >= 0.3 is 6.61 Å². The fourth-order valence-corrected chi connectivity index (χ4v) is 4.79. The smallest absolute Gasteiger partial charge is 0.345 e. The lowest BCUT2D eigenvalue weighted by molar-refractivity contribution is -0.615. The Kier molecular flexibility index (Phi) is 8.62. The molecular formula is C27H19Cl2F4N7O3. The van der Waals surface area contributed by atoms with Gasteiger partial charge in [-0.05, 0) is 35.9 Å². The van der Waals surface area contributed by atoms with E-state index in [1.165, 1.54) is 64.4 Å². The van der Waals surface area contributed by atoms with Gasteiger partial charge in [0.15, 0.2) is 17.2 Å². The summed E-state index contributed by atoms with van der Waals surface area (Å²) in [5, 5.41) is 25.0. The SMILES string of the molecule is NC(=O)c1ccc(-c2cnn([C@H](CCOC(F)F)c3ccc(-c4c(-n5cc(Cl)nn5)ccc(Cl)c4F)c[n+]3[O-])c2)cc1F. The van der Waals surface area contributed by atoms with E-state index >= 15 is 4.39 Å². The first-order valence-electron chi connectivity index (χ1n) is 12.4. The molecule has 0 aliphatic rings. The normalized spacial score (nSPS) is 12.2. The van der Waals surface area contributed by atoms with Crippen LogP contribution in [-0.4, -0.2) is 43.9 Å². The number of carbonyl (C=O) groups is 1. The third-order valence-electron chi connectivity index (χ3n) is 6.48. The Hall–Kier alpha value is -4.53. The summed E-state index contributed by atoms with van der Waals surface area (Å²) in [7, 11) is 0. The average Bonchev–Trinajstić information content (AvgIpc) is 3.62. The molecule has 1 amide bonds. The maximum absolute atomic E-state index is 15.3. The van der Waals surface area contributed by atoms with E-state index in [0.29, 0.717) is 15.9 Å². The Morgan fingerprint density at radius 2 is 1.84 bits per heavy atom. The van der Waals surface area contributed by atoms with Crippen molar-refractivity contribution in [3.63, 3.8) is 0 Å². The summed E-state index contributed by atoms with van der Waals surface area (Å²) >= 11 is 11.9. The summed E-state index contributed by atoms with van der Waals surface area (Å²) in [4.78, 5) is 11.4. The Labute approximate surface area is 250 Å². The number of hydrogen-bond acceptors (Lipinski definition) is 6. The molecule has 3 heterocycles. The summed E-state index contributed by atoms with van der Waals surface area (Å²) in [5.41, 5.74) is 5.93. The molecule has 16 heteroatoms. The average molecular weight is 636 g/mol. The number of alkyl halides is 2. The Morgan fingerprint density at radius 1 is 1.07 bits per heavy atom. The monoisotopic (exact) mass is 635 g/mol. The lowest BCUT2D eigenvalue weighted by atomic mass is 10.0. The number of rotatable bonds is 10. The number of pyridine rings is 1. The zero-order chi connectivity index (χ0) is 30.8. The lowest BCUT2D eigenvalue weighted by Gasteiger charge is -2.18. The highest BCUT2D eigenvalue weighted by molar-refractivity contribution is 6.31. The number of nitrogens with two attached hydrogens (primary N) is 1. The van der Waals surface area contributed by atoms with Gasteiger partial charge in [0.2, 0.25) is 5.69 Å². The first-order valence-corrected chi connectivity index (χ1v) is 13.1. The molecule has 5 aromatic rings. The number of halogens is 6. The predicted octanol–water partition coefficient (Wildman–Crippen LogP) is 5.33. The van der Waals surface area contributed by atoms with E-state index in [1.807, 2.05) is 0 Å². The van der Waals surface area contributed by atoms with Crippen molar-refractivity contribution in [1.29, 1.82) is 0 Å². The van der Waals surface area contributed by atoms with Gasteiger partial charge in [0.25, 0.3) is 5.91 Å². The van der Waals surface area contributed by atoms with Crippen LogP contribution in [0, 0.1) is 16.8 Å². The molecule has 2 N–H and O–H groups in total. The van der Waals surface area contributed by atoms with Gasteiger partial charge in [-0.25, -0.2) is 13.5 Å². The molecule has 2 aromatic carbocycles. The van der Waals surface area contributed by atoms with E-state index in [4.69, 9.17) is 28.9 Å². The summed E-state index contributed by atoms with van der Waals surface area (Å²) in [6, 6.07) is 8.46. The van der Waals surface area contributed by atoms with E-state index < -0.39 is 36.8 Å². The van der Waals surface area contributed by atoms with Crippen molar-refractivity contribution in [3.05, 3.63) is 106 Å². The van der Waals surface area contributed by atoms with Gasteiger partial charge in [0.1, 0.15) is 11.9 Å². The maximum atomic E-state index is 15.3. The van der Waals surface area contributed by atoms with Crippen LogP contribution in [0.5, 0.6) is 0 Å². The number of amides is 1. The second-order valence-corrected chi connectivity index (χ2v) is 9.91. The number of nitrogens with zero attached hydrogens (tertiary/aromatic N) is 6. The van der Waals surface area contributed by atoms with Crippen molar-refractivity contribution < 1.29 is 31.8 Å². The molecule has 5 rings (SSSR count). The van der Waals surface area contributed by atoms with Crippen LogP contribution in [0.3, 0.4) is 0 Å². The predicted molar refractivity (Wildman–Crippen MR) is 147 cm³/mol. The third kappa shape index (κ3) is 6.30. The molecule has 3 aromatic heterocycles. The van der Waals surface area contributed by atoms with Crippen LogP contribution in [0.25, 0.3) is 27.9 Å². The maximum Gasteiger partial charge on any atom is 0.345 e. The summed E-state index contributed by atoms with van der Waals surface area (Å²) < 4.78 is 62.6. The Balaban J connectivity index is 1.54. The molecule has 0 fully saturated rings. The fourth-order valence-electron chi connectivity index (χ4n) is 4.50. The topological polar surface area (TPSA) is 128 Å². The highest BCUT2D eigenvalue weighted by Gasteiger charge is 2.26. The van der Waals surface area contributed by atoms with Crippen molar-refractivity contribution in [3.8, 4) is 27.9 Å². The molecule has 222 valence electrons. The van der Waals surface area contributed by atoms with Crippen molar-refractivity contribution >= 4 is 29.1 Å². The second kappa shape index (κ2) is 12.4. The van der Waals surface area contributed by atoms with Crippen LogP contribution < -0.4 is 10.5 Å². The largest absolute Gasteiger partial charge is 0.618 e. The molecule has 0 radical (unpaired) electrons. The van der Waals surface area contributed by atoms with Crippen LogP contribution in [0.15, 0.2) is 67.3 Å². The van der Waals surface area contributed by atoms with Crippen molar-refractivity contribution in [1.82, 2.24) is 24.8 Å². The molecule has 0 aliphatic heterocycles. The molecule has 0 bridgehead atoms. The van der Waals surface area contributed by atoms with Crippen molar-refractivity contribution in [2.24, 2.45) is 5.73 Å². The zero-order valence-corrected chi connectivity index (χ0v) is 23.2. The van der Waals surface area contributed by atoms with Gasteiger partial charge < -0.3 is 15.7 Å². The van der Waals surface area contributed by atoms with Crippen LogP contribution in [0.4, 0.5) is 17.6 Å². The minimum Gasteiger partial charge on any atom is -0.618 e. The Morgan fingerprint density at radius 3 is 2.49 bits per heavy atom. The van der Waals surface area contributed by atoms with E-state index in [-0.39, 0.29) is 44.7 Å². The third-order valence-corrected chi connectivity index (χ3v) is 6.95. The van der Waals surface area contributed by atoms with E-state index in [0.717, 1.165) is 12.3 Å². The lowest BCUT2D eigenvalue weighted by Crippen LogP contribution is -2.36. The van der Waals surface area contributed by atoms with Gasteiger partial charge in [-0.2, -0.15) is 18.6 Å². The van der Waals surface area contributed by atoms with Crippen LogP contribution in [0.1, 0.15) is 28.5 Å². The number of benzene rings is 2. The van der Waals surface area contributed by atoms with E-state index in [9.17, 15) is 23.2 Å². The quantitative estimate of drug-likeness (QED) is 0.125. The van der Waals surface area contributed by atoms with E-state index in [2.05, 4.69) is 20.1 Å². The highest BCUT2D eigenvalue weighted by atomic mass is 35.5. The summed E-state index contributed by atoms with van der Waals surface area (Å²) in [5.74, 6) is -2.60. The molecule has 10 nitrogen and oxygen atoms in total. The van der Waals surface area contributed by atoms with Gasteiger partial charge in [-0.3, -0.25) is 9.48 Å². The molecule has 1 atom stereocenters. The molecule has 0 spiro atoms. The summed E-state index contributed by atoms with van der Waals surface area (Å²) in [6.45, 7) is -3.49. The molecule has 0 saturated carbocycles. The van der Waals surface area contributed by atoms with Crippen LogP contribution in [0.2, 0.25) is 10.2 Å². The number of carbonyl (C=O) groups excluding carboxylic acids is 1. The first-order chi connectivity index (χ1) is 20.5. The molecule has 0 aliphatic carbocycles. The molecule has 0 unspecified atom stereocenters. The molecule has 43 heavy (non-hydrogen) atoms. The first kappa shape index (κ1) is 29.9. The van der Waals surface area contributed by atoms with Crippen LogP contribution in [-0.2, 0) is 4.74 Å². The fraction of sp³-hybridized carbons (Fsp3) is 0.148. The highest BCUT2D eigenvalue weighted by Crippen LogP contribution is 2.34. The molecule has 0 saturated heterocycles. The number of primary amides is 1. The minimum atomic E-state index is -3.04. The van der Waals surface area contributed by atoms with Crippen molar-refractivity contribution in [2.75, 3.05) is 6.61 Å². The van der Waals surface area contributed by atoms with Gasteiger partial charge in [0, 0.05) is 24.2 Å². The number of ether oxygens (including phenoxy) is 1. The summed E-state index contributed by atoms with van der Waals surface area (Å²) in [6.07, 6.45) is 5.17. The minimum absolute atomic E-state index is 0.0505. The van der Waals surface area contributed by atoms with Gasteiger partial charge in [-0.15, -0.1) is 5.10 Å². The van der Waals surface area contributed by atoms with Crippen molar-refractivity contribution in [2.45, 2.75) is 19.1 Å². The van der Waals surface area contributed by atoms with Gasteiger partial charge in [0.05, 0.1) is 46.4 Å². The van der Waals surface area contributed by atoms with Gasteiger partial charge in [-0.1, -0.05) is 34.5 Å². The van der Waals surface area contributed by atoms with E-state index in [1.54, 1.807) is 0 Å². The van der Waals surface area contributed by atoms with Crippen LogP contribution >= 0.6 is 23.2 Å². The number of hydrogen-bond donors (Lipinski definition) is 1.